The van der Waals surface area contributed by atoms with Crippen LogP contribution in [0.5, 0.6) is 5.75 Å². The summed E-state index contributed by atoms with van der Waals surface area (Å²) in [5, 5.41) is 0. The molecule has 3 unspecified atom stereocenters. The molecule has 2 aliphatic rings. The van der Waals surface area contributed by atoms with Gasteiger partial charge in [0.25, 0.3) is 0 Å². The van der Waals surface area contributed by atoms with Crippen LogP contribution in [0.25, 0.3) is 0 Å². The molecule has 110 valence electrons. The fourth-order valence-electron chi connectivity index (χ4n) is 3.16. The van der Waals surface area contributed by atoms with E-state index in [4.69, 9.17) is 9.47 Å². The Labute approximate surface area is 123 Å². The molecule has 21 heavy (non-hydrogen) atoms. The minimum absolute atomic E-state index is 0.0660. The maximum atomic E-state index is 12.0. The van der Waals surface area contributed by atoms with Crippen LogP contribution < -0.4 is 4.74 Å². The molecule has 1 aromatic carbocycles. The number of esters is 1. The number of carbonyl (C=O) groups is 2. The van der Waals surface area contributed by atoms with Crippen molar-refractivity contribution < 1.29 is 19.1 Å². The second-order valence-electron chi connectivity index (χ2n) is 5.65. The highest BCUT2D eigenvalue weighted by Crippen LogP contribution is 2.43. The summed E-state index contributed by atoms with van der Waals surface area (Å²) < 4.78 is 10.2. The summed E-state index contributed by atoms with van der Waals surface area (Å²) in [7, 11) is 1.57. The van der Waals surface area contributed by atoms with Gasteiger partial charge in [0.2, 0.25) is 0 Å². The Hall–Kier alpha value is -2.10. The Bertz CT molecular complexity index is 573. The van der Waals surface area contributed by atoms with Crippen LogP contribution in [0.3, 0.4) is 0 Å². The van der Waals surface area contributed by atoms with Crippen molar-refractivity contribution in [1.29, 1.82) is 0 Å². The molecule has 0 N–H and O–H groups in total. The third-order valence-corrected chi connectivity index (χ3v) is 4.34. The van der Waals surface area contributed by atoms with Crippen LogP contribution in [0.4, 0.5) is 0 Å². The van der Waals surface area contributed by atoms with Gasteiger partial charge in [-0.2, -0.15) is 0 Å². The standard InChI is InChI=1S/C17H18O4/c1-20-14-6-4-12(5-7-14)16(18)10-21-17(19)15-9-11-2-3-13(15)8-11/h2-7,11,13,15H,8-10H2,1H3. The first-order valence-corrected chi connectivity index (χ1v) is 7.19. The van der Waals surface area contributed by atoms with E-state index in [2.05, 4.69) is 12.2 Å². The molecule has 3 atom stereocenters. The Morgan fingerprint density at radius 1 is 1.14 bits per heavy atom. The number of ketones is 1. The lowest BCUT2D eigenvalue weighted by molar-refractivity contribution is -0.148. The van der Waals surface area contributed by atoms with E-state index < -0.39 is 0 Å². The molecule has 2 bridgehead atoms. The summed E-state index contributed by atoms with van der Waals surface area (Å²) in [6.45, 7) is -0.192. The Kier molecular flexibility index (Phi) is 3.78. The number of benzene rings is 1. The summed E-state index contributed by atoms with van der Waals surface area (Å²) in [4.78, 5) is 24.0. The Balaban J connectivity index is 1.53. The van der Waals surface area contributed by atoms with Gasteiger partial charge in [-0.15, -0.1) is 0 Å². The molecule has 1 saturated carbocycles. The van der Waals surface area contributed by atoms with Crippen LogP contribution in [-0.4, -0.2) is 25.5 Å². The van der Waals surface area contributed by atoms with Gasteiger partial charge >= 0.3 is 5.97 Å². The predicted octanol–water partition coefficient (Wildman–Crippen LogP) is 2.63. The van der Waals surface area contributed by atoms with Crippen LogP contribution in [0.1, 0.15) is 23.2 Å². The predicted molar refractivity (Wildman–Crippen MR) is 77.1 cm³/mol. The number of hydrogen-bond acceptors (Lipinski definition) is 4. The van der Waals surface area contributed by atoms with Gasteiger partial charge < -0.3 is 9.47 Å². The minimum atomic E-state index is -0.242. The van der Waals surface area contributed by atoms with E-state index >= 15 is 0 Å². The molecular formula is C17H18O4. The Morgan fingerprint density at radius 2 is 1.90 bits per heavy atom. The Morgan fingerprint density at radius 3 is 2.48 bits per heavy atom. The van der Waals surface area contributed by atoms with E-state index in [-0.39, 0.29) is 24.3 Å². The number of rotatable bonds is 5. The maximum absolute atomic E-state index is 12.0. The highest BCUT2D eigenvalue weighted by atomic mass is 16.5. The summed E-state index contributed by atoms with van der Waals surface area (Å²) in [5.41, 5.74) is 0.524. The van der Waals surface area contributed by atoms with Crippen LogP contribution >= 0.6 is 0 Å². The van der Waals surface area contributed by atoms with Crippen LogP contribution in [-0.2, 0) is 9.53 Å². The quantitative estimate of drug-likeness (QED) is 0.474. The second-order valence-corrected chi connectivity index (χ2v) is 5.65. The van der Waals surface area contributed by atoms with Gasteiger partial charge in [-0.3, -0.25) is 9.59 Å². The fraction of sp³-hybridized carbons (Fsp3) is 0.412. The van der Waals surface area contributed by atoms with E-state index in [1.807, 2.05) is 0 Å². The van der Waals surface area contributed by atoms with E-state index in [1.54, 1.807) is 31.4 Å². The number of ether oxygens (including phenoxy) is 2. The maximum Gasteiger partial charge on any atom is 0.310 e. The first-order chi connectivity index (χ1) is 10.2. The second kappa shape index (κ2) is 5.72. The average Bonchev–Trinajstić information content (AvgIpc) is 3.15. The zero-order chi connectivity index (χ0) is 14.8. The molecule has 4 heteroatoms. The molecule has 1 aromatic rings. The monoisotopic (exact) mass is 286 g/mol. The van der Waals surface area contributed by atoms with E-state index in [1.165, 1.54) is 0 Å². The van der Waals surface area contributed by atoms with Gasteiger partial charge in [0, 0.05) is 5.56 Å². The van der Waals surface area contributed by atoms with E-state index in [0.29, 0.717) is 23.1 Å². The van der Waals surface area contributed by atoms with Crippen molar-refractivity contribution in [3.8, 4) is 5.75 Å². The number of methoxy groups -OCH3 is 1. The van der Waals surface area contributed by atoms with Crippen molar-refractivity contribution >= 4 is 11.8 Å². The van der Waals surface area contributed by atoms with E-state index in [9.17, 15) is 9.59 Å². The zero-order valence-electron chi connectivity index (χ0n) is 12.0. The average molecular weight is 286 g/mol. The van der Waals surface area contributed by atoms with Gasteiger partial charge in [-0.05, 0) is 48.9 Å². The number of hydrogen-bond donors (Lipinski definition) is 0. The summed E-state index contributed by atoms with van der Waals surface area (Å²) in [6.07, 6.45) is 6.19. The summed E-state index contributed by atoms with van der Waals surface area (Å²) >= 11 is 0. The number of carbonyl (C=O) groups excluding carboxylic acids is 2. The third kappa shape index (κ3) is 2.84. The van der Waals surface area contributed by atoms with Crippen molar-refractivity contribution in [2.45, 2.75) is 12.8 Å². The van der Waals surface area contributed by atoms with Gasteiger partial charge in [0.05, 0.1) is 13.0 Å². The molecule has 0 radical (unpaired) electrons. The molecule has 0 aromatic heterocycles. The van der Waals surface area contributed by atoms with E-state index in [0.717, 1.165) is 12.8 Å². The van der Waals surface area contributed by atoms with Crippen molar-refractivity contribution in [2.24, 2.45) is 17.8 Å². The smallest absolute Gasteiger partial charge is 0.310 e. The van der Waals surface area contributed by atoms with Crippen molar-refractivity contribution in [3.63, 3.8) is 0 Å². The first kappa shape index (κ1) is 13.9. The number of fused-ring (bicyclic) bond motifs is 2. The molecule has 0 amide bonds. The fourth-order valence-corrected chi connectivity index (χ4v) is 3.16. The highest BCUT2D eigenvalue weighted by Gasteiger charge is 2.40. The topological polar surface area (TPSA) is 52.6 Å². The van der Waals surface area contributed by atoms with Crippen LogP contribution in [0.2, 0.25) is 0 Å². The largest absolute Gasteiger partial charge is 0.497 e. The molecular weight excluding hydrogens is 268 g/mol. The third-order valence-electron chi connectivity index (χ3n) is 4.34. The lowest BCUT2D eigenvalue weighted by Crippen LogP contribution is -2.24. The van der Waals surface area contributed by atoms with Crippen LogP contribution in [0.15, 0.2) is 36.4 Å². The van der Waals surface area contributed by atoms with Crippen molar-refractivity contribution in [3.05, 3.63) is 42.0 Å². The SMILES string of the molecule is COc1ccc(C(=O)COC(=O)C2CC3C=CC2C3)cc1. The first-order valence-electron chi connectivity index (χ1n) is 7.19. The molecule has 0 aliphatic heterocycles. The molecule has 3 rings (SSSR count). The van der Waals surface area contributed by atoms with Crippen LogP contribution in [0, 0.1) is 17.8 Å². The van der Waals surface area contributed by atoms with Crippen molar-refractivity contribution in [1.82, 2.24) is 0 Å². The normalized spacial score (nSPS) is 25.9. The molecule has 0 spiro atoms. The lowest BCUT2D eigenvalue weighted by Gasteiger charge is -2.16. The minimum Gasteiger partial charge on any atom is -0.497 e. The summed E-state index contributed by atoms with van der Waals surface area (Å²) in [5.74, 6) is 1.02. The number of Topliss-reactive ketones (excluding diaryl/α,β-unsaturated/α-hetero) is 1. The molecule has 0 saturated heterocycles. The molecule has 2 aliphatic carbocycles. The van der Waals surface area contributed by atoms with Gasteiger partial charge in [0.1, 0.15) is 5.75 Å². The molecule has 0 heterocycles. The zero-order valence-corrected chi connectivity index (χ0v) is 12.0. The molecule has 4 nitrogen and oxygen atoms in total. The van der Waals surface area contributed by atoms with Gasteiger partial charge in [-0.25, -0.2) is 0 Å². The van der Waals surface area contributed by atoms with Gasteiger partial charge in [0.15, 0.2) is 12.4 Å². The summed E-state index contributed by atoms with van der Waals surface area (Å²) in [6, 6.07) is 6.79. The number of allylic oxidation sites excluding steroid dienone is 2. The highest BCUT2D eigenvalue weighted by molar-refractivity contribution is 5.98. The molecule has 1 fully saturated rings. The lowest BCUT2D eigenvalue weighted by atomic mass is 9.94. The van der Waals surface area contributed by atoms with Crippen molar-refractivity contribution in [2.75, 3.05) is 13.7 Å². The van der Waals surface area contributed by atoms with Gasteiger partial charge in [-0.1, -0.05) is 12.2 Å².